The molecule has 3 fully saturated rings. The number of likely N-dealkylation sites (tertiary alicyclic amines) is 1. The highest BCUT2D eigenvalue weighted by molar-refractivity contribution is 5.77. The van der Waals surface area contributed by atoms with Gasteiger partial charge in [0, 0.05) is 24.5 Å². The van der Waals surface area contributed by atoms with E-state index in [-0.39, 0.29) is 19.0 Å². The molecule has 1 atom stereocenters. The monoisotopic (exact) mass is 252 g/mol. The fourth-order valence-corrected chi connectivity index (χ4v) is 3.58. The number of nitrogens with zero attached hydrogens (tertiary/aromatic N) is 1. The average molecular weight is 252 g/mol. The van der Waals surface area contributed by atoms with Crippen LogP contribution >= 0.6 is 0 Å². The van der Waals surface area contributed by atoms with Gasteiger partial charge in [-0.05, 0) is 31.6 Å². The van der Waals surface area contributed by atoms with Gasteiger partial charge in [-0.2, -0.15) is 0 Å². The van der Waals surface area contributed by atoms with Crippen molar-refractivity contribution in [3.8, 4) is 0 Å². The van der Waals surface area contributed by atoms with Crippen LogP contribution in [0.25, 0.3) is 0 Å². The molecule has 0 aromatic heterocycles. The molecule has 1 aliphatic heterocycles. The van der Waals surface area contributed by atoms with Crippen molar-refractivity contribution in [3.63, 3.8) is 0 Å². The van der Waals surface area contributed by atoms with Crippen LogP contribution in [0.5, 0.6) is 0 Å². The summed E-state index contributed by atoms with van der Waals surface area (Å²) >= 11 is 0. The van der Waals surface area contributed by atoms with Crippen molar-refractivity contribution in [2.24, 2.45) is 11.3 Å². The molecule has 0 aromatic carbocycles. The molecule has 100 valence electrons. The van der Waals surface area contributed by atoms with E-state index >= 15 is 0 Å². The van der Waals surface area contributed by atoms with Crippen LogP contribution in [0, 0.1) is 11.3 Å². The van der Waals surface area contributed by atoms with E-state index in [1.807, 2.05) is 4.90 Å². The van der Waals surface area contributed by atoms with Crippen LogP contribution in [0.3, 0.4) is 0 Å². The minimum Gasteiger partial charge on any atom is -0.481 e. The molecule has 5 heteroatoms. The number of urea groups is 1. The maximum Gasteiger partial charge on any atom is 0.317 e. The number of carbonyl (C=O) groups excluding carboxylic acids is 1. The Hall–Kier alpha value is -1.26. The fraction of sp³-hybridized carbons (Fsp3) is 0.846. The van der Waals surface area contributed by atoms with Crippen molar-refractivity contribution in [1.29, 1.82) is 0 Å². The molecule has 1 spiro atoms. The van der Waals surface area contributed by atoms with Crippen LogP contribution in [0.4, 0.5) is 4.79 Å². The number of amides is 2. The maximum absolute atomic E-state index is 12.0. The van der Waals surface area contributed by atoms with Gasteiger partial charge in [0.1, 0.15) is 0 Å². The normalized spacial score (nSPS) is 28.4. The first-order valence-electron chi connectivity index (χ1n) is 6.89. The summed E-state index contributed by atoms with van der Waals surface area (Å²) in [7, 11) is 0. The standard InChI is InChI=1S/C13H20N2O3/c16-10(17)4-7-14-12(18)15-8-13(5-1-6-13)11(15)9-2-3-9/h9,11H,1-8H2,(H,14,18)(H,16,17). The predicted octanol–water partition coefficient (Wildman–Crippen LogP) is 1.44. The van der Waals surface area contributed by atoms with Crippen molar-refractivity contribution in [2.45, 2.75) is 44.6 Å². The number of aliphatic carboxylic acids is 1. The number of carboxylic acid groups (broad SMARTS) is 1. The average Bonchev–Trinajstić information content (AvgIpc) is 2.97. The van der Waals surface area contributed by atoms with Gasteiger partial charge in [-0.15, -0.1) is 0 Å². The largest absolute Gasteiger partial charge is 0.481 e. The van der Waals surface area contributed by atoms with Gasteiger partial charge in [-0.1, -0.05) is 6.42 Å². The van der Waals surface area contributed by atoms with Crippen molar-refractivity contribution in [1.82, 2.24) is 10.2 Å². The van der Waals surface area contributed by atoms with Gasteiger partial charge in [0.05, 0.1) is 6.42 Å². The molecular formula is C13H20N2O3. The highest BCUT2D eigenvalue weighted by Gasteiger charge is 2.61. The van der Waals surface area contributed by atoms with E-state index in [2.05, 4.69) is 5.32 Å². The zero-order valence-electron chi connectivity index (χ0n) is 10.5. The highest BCUT2D eigenvalue weighted by Crippen LogP contribution is 2.59. The van der Waals surface area contributed by atoms with E-state index in [0.29, 0.717) is 17.4 Å². The number of hydrogen-bond donors (Lipinski definition) is 2. The molecule has 2 amide bonds. The van der Waals surface area contributed by atoms with Crippen molar-refractivity contribution in [2.75, 3.05) is 13.1 Å². The molecular weight excluding hydrogens is 232 g/mol. The summed E-state index contributed by atoms with van der Waals surface area (Å²) in [4.78, 5) is 24.4. The number of rotatable bonds is 4. The Morgan fingerprint density at radius 3 is 2.56 bits per heavy atom. The molecule has 1 saturated heterocycles. The first kappa shape index (κ1) is 11.8. The van der Waals surface area contributed by atoms with Crippen LogP contribution in [-0.2, 0) is 4.79 Å². The summed E-state index contributed by atoms with van der Waals surface area (Å²) in [5.74, 6) is -0.155. The lowest BCUT2D eigenvalue weighted by molar-refractivity contribution is -0.136. The molecule has 3 rings (SSSR count). The zero-order chi connectivity index (χ0) is 12.8. The zero-order valence-corrected chi connectivity index (χ0v) is 10.5. The third kappa shape index (κ3) is 1.85. The Bertz CT molecular complexity index is 374. The van der Waals surface area contributed by atoms with Crippen molar-refractivity contribution in [3.05, 3.63) is 0 Å². The van der Waals surface area contributed by atoms with Crippen LogP contribution in [0.2, 0.25) is 0 Å². The second-order valence-corrected chi connectivity index (χ2v) is 6.00. The third-order valence-electron chi connectivity index (χ3n) is 4.74. The first-order valence-corrected chi connectivity index (χ1v) is 6.89. The lowest BCUT2D eigenvalue weighted by Crippen LogP contribution is -2.71. The van der Waals surface area contributed by atoms with E-state index in [4.69, 9.17) is 5.11 Å². The van der Waals surface area contributed by atoms with E-state index in [9.17, 15) is 9.59 Å². The van der Waals surface area contributed by atoms with Gasteiger partial charge in [0.25, 0.3) is 0 Å². The van der Waals surface area contributed by atoms with Gasteiger partial charge in [-0.3, -0.25) is 4.79 Å². The van der Waals surface area contributed by atoms with E-state index in [0.717, 1.165) is 6.54 Å². The Morgan fingerprint density at radius 2 is 2.06 bits per heavy atom. The van der Waals surface area contributed by atoms with E-state index < -0.39 is 5.97 Å². The van der Waals surface area contributed by atoms with Crippen LogP contribution in [-0.4, -0.2) is 41.1 Å². The summed E-state index contributed by atoms with van der Waals surface area (Å²) < 4.78 is 0. The SMILES string of the molecule is O=C(O)CCNC(=O)N1CC2(CCC2)C1C1CC1. The molecule has 0 aromatic rings. The summed E-state index contributed by atoms with van der Waals surface area (Å²) in [6.07, 6.45) is 6.35. The number of carboxylic acids is 1. The number of nitrogens with one attached hydrogen (secondary N) is 1. The van der Waals surface area contributed by atoms with Gasteiger partial charge >= 0.3 is 12.0 Å². The first-order chi connectivity index (χ1) is 8.62. The maximum atomic E-state index is 12.0. The predicted molar refractivity (Wildman–Crippen MR) is 65.2 cm³/mol. The number of carbonyl (C=O) groups is 2. The Morgan fingerprint density at radius 1 is 1.33 bits per heavy atom. The molecule has 3 aliphatic rings. The molecule has 18 heavy (non-hydrogen) atoms. The lowest BCUT2D eigenvalue weighted by atomic mass is 9.57. The molecule has 0 bridgehead atoms. The number of hydrogen-bond acceptors (Lipinski definition) is 2. The minimum absolute atomic E-state index is 0.00117. The van der Waals surface area contributed by atoms with E-state index in [1.54, 1.807) is 0 Å². The third-order valence-corrected chi connectivity index (χ3v) is 4.74. The van der Waals surface area contributed by atoms with Crippen LogP contribution < -0.4 is 5.32 Å². The van der Waals surface area contributed by atoms with Gasteiger partial charge in [0.15, 0.2) is 0 Å². The molecule has 2 saturated carbocycles. The molecule has 5 nitrogen and oxygen atoms in total. The summed E-state index contributed by atoms with van der Waals surface area (Å²) in [5.41, 5.74) is 0.436. The molecule has 2 aliphatic carbocycles. The van der Waals surface area contributed by atoms with Crippen LogP contribution in [0.15, 0.2) is 0 Å². The van der Waals surface area contributed by atoms with Gasteiger partial charge in [0.2, 0.25) is 0 Å². The lowest BCUT2D eigenvalue weighted by Gasteiger charge is -2.62. The quantitative estimate of drug-likeness (QED) is 0.795. The summed E-state index contributed by atoms with van der Waals surface area (Å²) in [5, 5.41) is 11.3. The van der Waals surface area contributed by atoms with Crippen LogP contribution in [0.1, 0.15) is 38.5 Å². The molecule has 0 radical (unpaired) electrons. The van der Waals surface area contributed by atoms with Crippen molar-refractivity contribution < 1.29 is 14.7 Å². The van der Waals surface area contributed by atoms with E-state index in [1.165, 1.54) is 32.1 Å². The highest BCUT2D eigenvalue weighted by atomic mass is 16.4. The topological polar surface area (TPSA) is 69.6 Å². The fourth-order valence-electron chi connectivity index (χ4n) is 3.58. The summed E-state index contributed by atoms with van der Waals surface area (Å²) in [6.45, 7) is 1.11. The second kappa shape index (κ2) is 4.14. The molecule has 1 unspecified atom stereocenters. The second-order valence-electron chi connectivity index (χ2n) is 6.00. The summed E-state index contributed by atoms with van der Waals surface area (Å²) in [6, 6.07) is 0.377. The van der Waals surface area contributed by atoms with Gasteiger partial charge in [-0.25, -0.2) is 4.79 Å². The Labute approximate surface area is 107 Å². The molecule has 1 heterocycles. The Kier molecular flexibility index (Phi) is 2.72. The smallest absolute Gasteiger partial charge is 0.317 e. The minimum atomic E-state index is -0.867. The van der Waals surface area contributed by atoms with Crippen molar-refractivity contribution >= 4 is 12.0 Å². The van der Waals surface area contributed by atoms with Gasteiger partial charge < -0.3 is 15.3 Å². The Balaban J connectivity index is 1.53. The molecule has 2 N–H and O–H groups in total.